The fraction of sp³-hybridized carbons (Fsp3) is 0.429. The molecule has 0 radical (unpaired) electrons. The highest BCUT2D eigenvalue weighted by molar-refractivity contribution is 5.87. The first-order valence-corrected chi connectivity index (χ1v) is 6.61. The first-order valence-electron chi connectivity index (χ1n) is 6.61. The van der Waals surface area contributed by atoms with Crippen LogP contribution in [0.5, 0.6) is 0 Å². The molecule has 1 rings (SSSR count). The number of benzene rings is 1. The first-order chi connectivity index (χ1) is 9.79. The molecule has 0 aromatic heterocycles. The van der Waals surface area contributed by atoms with Crippen LogP contribution in [-0.2, 0) is 16.0 Å². The smallest absolute Gasteiger partial charge is 0.269 e. The van der Waals surface area contributed by atoms with E-state index in [2.05, 4.69) is 5.32 Å². The predicted molar refractivity (Wildman–Crippen MR) is 77.4 cm³/mol. The highest BCUT2D eigenvalue weighted by Crippen LogP contribution is 2.13. The Morgan fingerprint density at radius 1 is 1.38 bits per heavy atom. The maximum absolute atomic E-state index is 11.9. The van der Waals surface area contributed by atoms with Crippen molar-refractivity contribution in [3.8, 4) is 0 Å². The minimum Gasteiger partial charge on any atom is -0.368 e. The Kier molecular flexibility index (Phi) is 5.83. The third kappa shape index (κ3) is 5.60. The molecule has 7 nitrogen and oxygen atoms in total. The molecule has 0 unspecified atom stereocenters. The van der Waals surface area contributed by atoms with Crippen LogP contribution in [0.25, 0.3) is 0 Å². The molecule has 2 amide bonds. The minimum absolute atomic E-state index is 0.0381. The van der Waals surface area contributed by atoms with Gasteiger partial charge in [0, 0.05) is 12.1 Å². The van der Waals surface area contributed by atoms with Crippen molar-refractivity contribution in [1.29, 1.82) is 0 Å². The molecule has 7 heteroatoms. The van der Waals surface area contributed by atoms with Gasteiger partial charge in [-0.1, -0.05) is 26.0 Å². The molecule has 114 valence electrons. The highest BCUT2D eigenvalue weighted by Gasteiger charge is 2.19. The van der Waals surface area contributed by atoms with E-state index in [4.69, 9.17) is 5.73 Å². The zero-order valence-electron chi connectivity index (χ0n) is 12.0. The summed E-state index contributed by atoms with van der Waals surface area (Å²) in [6.07, 6.45) is 0.416. The van der Waals surface area contributed by atoms with Gasteiger partial charge in [-0.2, -0.15) is 0 Å². The van der Waals surface area contributed by atoms with E-state index in [1.54, 1.807) is 6.07 Å². The summed E-state index contributed by atoms with van der Waals surface area (Å²) in [5, 5.41) is 13.2. The maximum atomic E-state index is 11.9. The van der Waals surface area contributed by atoms with Gasteiger partial charge >= 0.3 is 0 Å². The fourth-order valence-corrected chi connectivity index (χ4v) is 1.93. The van der Waals surface area contributed by atoms with Gasteiger partial charge in [-0.15, -0.1) is 0 Å². The summed E-state index contributed by atoms with van der Waals surface area (Å²) in [7, 11) is 0. The summed E-state index contributed by atoms with van der Waals surface area (Å²) in [5.41, 5.74) is 5.68. The van der Waals surface area contributed by atoms with Crippen LogP contribution in [0.4, 0.5) is 5.69 Å². The number of rotatable bonds is 7. The van der Waals surface area contributed by atoms with Crippen molar-refractivity contribution in [2.45, 2.75) is 32.7 Å². The Labute approximate surface area is 122 Å². The van der Waals surface area contributed by atoms with Crippen LogP contribution in [0.1, 0.15) is 25.8 Å². The van der Waals surface area contributed by atoms with Crippen LogP contribution in [0.3, 0.4) is 0 Å². The second-order valence-electron chi connectivity index (χ2n) is 5.26. The quantitative estimate of drug-likeness (QED) is 0.579. The standard InChI is InChI=1S/C14H19N3O4/c1-9(2)6-12(14(15)19)16-13(18)8-10-4-3-5-11(7-10)17(20)21/h3-5,7,9,12H,6,8H2,1-2H3,(H2,15,19)(H,16,18)/t12-/m1/s1. The predicted octanol–water partition coefficient (Wildman–Crippen LogP) is 1.15. The zero-order valence-corrected chi connectivity index (χ0v) is 12.0. The van der Waals surface area contributed by atoms with E-state index < -0.39 is 16.9 Å². The van der Waals surface area contributed by atoms with E-state index in [0.717, 1.165) is 0 Å². The number of amides is 2. The van der Waals surface area contributed by atoms with Crippen molar-refractivity contribution >= 4 is 17.5 Å². The van der Waals surface area contributed by atoms with Crippen molar-refractivity contribution in [2.24, 2.45) is 11.7 Å². The molecule has 1 aromatic rings. The van der Waals surface area contributed by atoms with Gasteiger partial charge in [0.25, 0.3) is 5.69 Å². The Hall–Kier alpha value is -2.44. The summed E-state index contributed by atoms with van der Waals surface area (Å²) >= 11 is 0. The minimum atomic E-state index is -0.726. The summed E-state index contributed by atoms with van der Waals surface area (Å²) in [6, 6.07) is 5.10. The van der Waals surface area contributed by atoms with Crippen molar-refractivity contribution in [2.75, 3.05) is 0 Å². The number of nitrogens with one attached hydrogen (secondary N) is 1. The molecule has 0 bridgehead atoms. The topological polar surface area (TPSA) is 115 Å². The number of non-ortho nitro benzene ring substituents is 1. The molecule has 0 aliphatic heterocycles. The van der Waals surface area contributed by atoms with Crippen LogP contribution in [0, 0.1) is 16.0 Å². The Balaban J connectivity index is 2.70. The molecule has 21 heavy (non-hydrogen) atoms. The molecule has 0 aliphatic rings. The lowest BCUT2D eigenvalue weighted by Crippen LogP contribution is -2.45. The van der Waals surface area contributed by atoms with Gasteiger partial charge < -0.3 is 11.1 Å². The molecule has 0 fully saturated rings. The average Bonchev–Trinajstić information content (AvgIpc) is 2.37. The number of hydrogen-bond donors (Lipinski definition) is 2. The largest absolute Gasteiger partial charge is 0.368 e. The monoisotopic (exact) mass is 293 g/mol. The molecule has 1 atom stereocenters. The molecule has 1 aromatic carbocycles. The second kappa shape index (κ2) is 7.37. The molecule has 0 saturated carbocycles. The third-order valence-electron chi connectivity index (χ3n) is 2.87. The van der Waals surface area contributed by atoms with Crippen LogP contribution in [0.15, 0.2) is 24.3 Å². The van der Waals surface area contributed by atoms with E-state index in [1.165, 1.54) is 18.2 Å². The number of primary amides is 1. The molecule has 3 N–H and O–H groups in total. The molecular formula is C14H19N3O4. The van der Waals surface area contributed by atoms with Gasteiger partial charge in [-0.3, -0.25) is 19.7 Å². The van der Waals surface area contributed by atoms with E-state index in [0.29, 0.717) is 12.0 Å². The van der Waals surface area contributed by atoms with E-state index in [9.17, 15) is 19.7 Å². The van der Waals surface area contributed by atoms with Crippen LogP contribution in [0.2, 0.25) is 0 Å². The zero-order chi connectivity index (χ0) is 16.0. The molecule has 0 aliphatic carbocycles. The summed E-state index contributed by atoms with van der Waals surface area (Å²) in [6.45, 7) is 3.84. The molecule has 0 heterocycles. The van der Waals surface area contributed by atoms with E-state index >= 15 is 0 Å². The van der Waals surface area contributed by atoms with Gasteiger partial charge in [0.05, 0.1) is 11.3 Å². The highest BCUT2D eigenvalue weighted by atomic mass is 16.6. The molecular weight excluding hydrogens is 274 g/mol. The van der Waals surface area contributed by atoms with E-state index in [-0.39, 0.29) is 23.9 Å². The number of carbonyl (C=O) groups excluding carboxylic acids is 2. The Morgan fingerprint density at radius 3 is 2.57 bits per heavy atom. The van der Waals surface area contributed by atoms with Crippen molar-refractivity contribution in [1.82, 2.24) is 5.32 Å². The van der Waals surface area contributed by atoms with Gasteiger partial charge in [-0.25, -0.2) is 0 Å². The third-order valence-corrected chi connectivity index (χ3v) is 2.87. The van der Waals surface area contributed by atoms with Crippen LogP contribution >= 0.6 is 0 Å². The number of carbonyl (C=O) groups is 2. The SMILES string of the molecule is CC(C)C[C@@H](NC(=O)Cc1cccc([N+](=O)[O-])c1)C(N)=O. The van der Waals surface area contributed by atoms with Crippen LogP contribution in [-0.4, -0.2) is 22.8 Å². The summed E-state index contributed by atoms with van der Waals surface area (Å²) in [4.78, 5) is 33.3. The second-order valence-corrected chi connectivity index (χ2v) is 5.26. The van der Waals surface area contributed by atoms with Crippen molar-refractivity contribution < 1.29 is 14.5 Å². The van der Waals surface area contributed by atoms with Gasteiger partial charge in [0.1, 0.15) is 6.04 Å². The average molecular weight is 293 g/mol. The first kappa shape index (κ1) is 16.6. The van der Waals surface area contributed by atoms with Gasteiger partial charge in [0.2, 0.25) is 11.8 Å². The van der Waals surface area contributed by atoms with Gasteiger partial charge in [0.15, 0.2) is 0 Å². The number of nitro groups is 1. The number of hydrogen-bond acceptors (Lipinski definition) is 4. The summed E-state index contributed by atoms with van der Waals surface area (Å²) < 4.78 is 0. The number of nitro benzene ring substituents is 1. The van der Waals surface area contributed by atoms with Crippen molar-refractivity contribution in [3.63, 3.8) is 0 Å². The maximum Gasteiger partial charge on any atom is 0.269 e. The fourth-order valence-electron chi connectivity index (χ4n) is 1.93. The Bertz CT molecular complexity index is 543. The van der Waals surface area contributed by atoms with E-state index in [1.807, 2.05) is 13.8 Å². The Morgan fingerprint density at radius 2 is 2.05 bits per heavy atom. The van der Waals surface area contributed by atoms with Crippen molar-refractivity contribution in [3.05, 3.63) is 39.9 Å². The van der Waals surface area contributed by atoms with Gasteiger partial charge in [-0.05, 0) is 17.9 Å². The molecule has 0 spiro atoms. The summed E-state index contributed by atoms with van der Waals surface area (Å²) in [5.74, 6) is -0.767. The van der Waals surface area contributed by atoms with Crippen LogP contribution < -0.4 is 11.1 Å². The number of nitrogens with zero attached hydrogens (tertiary/aromatic N) is 1. The lowest BCUT2D eigenvalue weighted by Gasteiger charge is -2.17. The lowest BCUT2D eigenvalue weighted by molar-refractivity contribution is -0.384. The molecule has 0 saturated heterocycles. The number of nitrogens with two attached hydrogens (primary N) is 1. The normalized spacial score (nSPS) is 12.0. The lowest BCUT2D eigenvalue weighted by atomic mass is 10.0.